The van der Waals surface area contributed by atoms with Crippen LogP contribution in [-0.2, 0) is 4.79 Å². The third kappa shape index (κ3) is 3.20. The molecule has 1 aliphatic rings. The van der Waals surface area contributed by atoms with Crippen molar-refractivity contribution in [3.8, 4) is 5.75 Å². The van der Waals surface area contributed by atoms with Gasteiger partial charge in [0, 0.05) is 18.8 Å². The molecule has 4 heteroatoms. The van der Waals surface area contributed by atoms with E-state index in [2.05, 4.69) is 10.6 Å². The van der Waals surface area contributed by atoms with E-state index in [0.717, 1.165) is 24.5 Å². The molecule has 1 amide bonds. The molecule has 4 nitrogen and oxygen atoms in total. The quantitative estimate of drug-likeness (QED) is 0.832. The second-order valence-electron chi connectivity index (χ2n) is 4.54. The summed E-state index contributed by atoms with van der Waals surface area (Å²) < 4.78 is 5.53. The Morgan fingerprint density at radius 1 is 1.35 bits per heavy atom. The first-order chi connectivity index (χ1) is 8.15. The van der Waals surface area contributed by atoms with Gasteiger partial charge in [-0.2, -0.15) is 0 Å². The number of nitrogens with one attached hydrogen (secondary N) is 2. The van der Waals surface area contributed by atoms with Crippen molar-refractivity contribution in [3.63, 3.8) is 0 Å². The predicted molar refractivity (Wildman–Crippen MR) is 67.2 cm³/mol. The van der Waals surface area contributed by atoms with Gasteiger partial charge in [0.15, 0.2) is 0 Å². The lowest BCUT2D eigenvalue weighted by Crippen LogP contribution is -2.48. The van der Waals surface area contributed by atoms with Gasteiger partial charge in [-0.3, -0.25) is 4.79 Å². The standard InChI is InChI=1S/C13H18N2O2/c1-9(2)17-12-5-3-11(4-6-12)15-13(16)10-7-14-8-10/h3-6,9-10,14H,7-8H2,1-2H3,(H,15,16). The van der Waals surface area contributed by atoms with Gasteiger partial charge in [0.1, 0.15) is 5.75 Å². The lowest BCUT2D eigenvalue weighted by molar-refractivity contribution is -0.121. The maximum Gasteiger partial charge on any atom is 0.230 e. The number of anilines is 1. The third-order valence-electron chi connectivity index (χ3n) is 2.65. The van der Waals surface area contributed by atoms with Gasteiger partial charge in [0.25, 0.3) is 0 Å². The molecular weight excluding hydrogens is 216 g/mol. The molecule has 92 valence electrons. The minimum atomic E-state index is 0.0845. The van der Waals surface area contributed by atoms with Crippen LogP contribution in [0.5, 0.6) is 5.75 Å². The molecule has 1 aliphatic heterocycles. The van der Waals surface area contributed by atoms with E-state index >= 15 is 0 Å². The van der Waals surface area contributed by atoms with E-state index in [1.54, 1.807) is 0 Å². The minimum absolute atomic E-state index is 0.0845. The topological polar surface area (TPSA) is 50.4 Å². The molecule has 2 N–H and O–H groups in total. The normalized spacial score (nSPS) is 15.5. The minimum Gasteiger partial charge on any atom is -0.491 e. The lowest BCUT2D eigenvalue weighted by Gasteiger charge is -2.25. The van der Waals surface area contributed by atoms with E-state index in [1.165, 1.54) is 0 Å². The first kappa shape index (κ1) is 11.9. The fraction of sp³-hybridized carbons (Fsp3) is 0.462. The zero-order valence-corrected chi connectivity index (χ0v) is 10.2. The Morgan fingerprint density at radius 3 is 2.47 bits per heavy atom. The van der Waals surface area contributed by atoms with Crippen molar-refractivity contribution in [2.24, 2.45) is 5.92 Å². The number of amides is 1. The van der Waals surface area contributed by atoms with E-state index in [1.807, 2.05) is 38.1 Å². The Kier molecular flexibility index (Phi) is 3.64. The van der Waals surface area contributed by atoms with Crippen LogP contribution in [0.2, 0.25) is 0 Å². The Balaban J connectivity index is 1.90. The molecule has 1 fully saturated rings. The Labute approximate surface area is 101 Å². The third-order valence-corrected chi connectivity index (χ3v) is 2.65. The van der Waals surface area contributed by atoms with Crippen LogP contribution in [0.3, 0.4) is 0 Å². The van der Waals surface area contributed by atoms with Gasteiger partial charge >= 0.3 is 0 Å². The van der Waals surface area contributed by atoms with Crippen molar-refractivity contribution in [1.82, 2.24) is 5.32 Å². The van der Waals surface area contributed by atoms with Crippen molar-refractivity contribution < 1.29 is 9.53 Å². The number of carbonyl (C=O) groups is 1. The van der Waals surface area contributed by atoms with Crippen LogP contribution >= 0.6 is 0 Å². The van der Waals surface area contributed by atoms with Crippen molar-refractivity contribution in [1.29, 1.82) is 0 Å². The average molecular weight is 234 g/mol. The largest absolute Gasteiger partial charge is 0.491 e. The number of rotatable bonds is 4. The molecule has 0 unspecified atom stereocenters. The molecule has 0 bridgehead atoms. The molecule has 0 aromatic heterocycles. The maximum atomic E-state index is 11.7. The number of benzene rings is 1. The fourth-order valence-electron chi connectivity index (χ4n) is 1.61. The first-order valence-electron chi connectivity index (χ1n) is 5.93. The van der Waals surface area contributed by atoms with Crippen molar-refractivity contribution in [2.45, 2.75) is 20.0 Å². The second-order valence-corrected chi connectivity index (χ2v) is 4.54. The monoisotopic (exact) mass is 234 g/mol. The molecule has 1 heterocycles. The highest BCUT2D eigenvalue weighted by molar-refractivity contribution is 5.93. The van der Waals surface area contributed by atoms with Crippen LogP contribution in [0.1, 0.15) is 13.8 Å². The summed E-state index contributed by atoms with van der Waals surface area (Å²) in [6.07, 6.45) is 0.163. The molecular formula is C13H18N2O2. The lowest BCUT2D eigenvalue weighted by atomic mass is 10.0. The molecule has 0 radical (unpaired) electrons. The van der Waals surface area contributed by atoms with Gasteiger partial charge in [-0.25, -0.2) is 0 Å². The van der Waals surface area contributed by atoms with E-state index in [9.17, 15) is 4.79 Å². The number of carbonyl (C=O) groups excluding carboxylic acids is 1. The van der Waals surface area contributed by atoms with E-state index in [-0.39, 0.29) is 17.9 Å². The molecule has 17 heavy (non-hydrogen) atoms. The van der Waals surface area contributed by atoms with E-state index in [0.29, 0.717) is 0 Å². The summed E-state index contributed by atoms with van der Waals surface area (Å²) in [6.45, 7) is 5.53. The van der Waals surface area contributed by atoms with E-state index in [4.69, 9.17) is 4.74 Å². The predicted octanol–water partition coefficient (Wildman–Crippen LogP) is 1.63. The second kappa shape index (κ2) is 5.19. The summed E-state index contributed by atoms with van der Waals surface area (Å²) in [6, 6.07) is 7.46. The van der Waals surface area contributed by atoms with Gasteiger partial charge in [-0.05, 0) is 38.1 Å². The summed E-state index contributed by atoms with van der Waals surface area (Å²) in [4.78, 5) is 11.7. The van der Waals surface area contributed by atoms with E-state index < -0.39 is 0 Å². The average Bonchev–Trinajstić information content (AvgIpc) is 2.17. The van der Waals surface area contributed by atoms with Crippen LogP contribution in [0, 0.1) is 5.92 Å². The first-order valence-corrected chi connectivity index (χ1v) is 5.93. The highest BCUT2D eigenvalue weighted by Gasteiger charge is 2.24. The molecule has 1 aromatic carbocycles. The van der Waals surface area contributed by atoms with Crippen LogP contribution in [-0.4, -0.2) is 25.1 Å². The van der Waals surface area contributed by atoms with Crippen molar-refractivity contribution in [2.75, 3.05) is 18.4 Å². The number of ether oxygens (including phenoxy) is 1. The van der Waals surface area contributed by atoms with Gasteiger partial charge < -0.3 is 15.4 Å². The Morgan fingerprint density at radius 2 is 2.00 bits per heavy atom. The highest BCUT2D eigenvalue weighted by atomic mass is 16.5. The molecule has 0 aliphatic carbocycles. The summed E-state index contributed by atoms with van der Waals surface area (Å²) >= 11 is 0. The molecule has 1 saturated heterocycles. The summed E-state index contributed by atoms with van der Waals surface area (Å²) in [5, 5.41) is 5.97. The Bertz CT molecular complexity index is 383. The fourth-order valence-corrected chi connectivity index (χ4v) is 1.61. The van der Waals surface area contributed by atoms with Gasteiger partial charge in [0.2, 0.25) is 5.91 Å². The van der Waals surface area contributed by atoms with Crippen molar-refractivity contribution in [3.05, 3.63) is 24.3 Å². The summed E-state index contributed by atoms with van der Waals surface area (Å²) in [5.74, 6) is 1.02. The molecule has 0 saturated carbocycles. The highest BCUT2D eigenvalue weighted by Crippen LogP contribution is 2.17. The smallest absolute Gasteiger partial charge is 0.230 e. The summed E-state index contributed by atoms with van der Waals surface area (Å²) in [7, 11) is 0. The number of hydrogen-bond donors (Lipinski definition) is 2. The zero-order valence-electron chi connectivity index (χ0n) is 10.2. The maximum absolute atomic E-state index is 11.7. The van der Waals surface area contributed by atoms with Gasteiger partial charge in [-0.1, -0.05) is 0 Å². The zero-order chi connectivity index (χ0) is 12.3. The van der Waals surface area contributed by atoms with Crippen LogP contribution in [0.25, 0.3) is 0 Å². The SMILES string of the molecule is CC(C)Oc1ccc(NC(=O)C2CNC2)cc1. The molecule has 0 atom stereocenters. The number of hydrogen-bond acceptors (Lipinski definition) is 3. The molecule has 0 spiro atoms. The summed E-state index contributed by atoms with van der Waals surface area (Å²) in [5.41, 5.74) is 0.818. The van der Waals surface area contributed by atoms with Crippen LogP contribution in [0.15, 0.2) is 24.3 Å². The van der Waals surface area contributed by atoms with Gasteiger partial charge in [-0.15, -0.1) is 0 Å². The Hall–Kier alpha value is -1.55. The molecule has 1 aromatic rings. The molecule has 2 rings (SSSR count). The van der Waals surface area contributed by atoms with Gasteiger partial charge in [0.05, 0.1) is 12.0 Å². The van der Waals surface area contributed by atoms with Crippen molar-refractivity contribution >= 4 is 11.6 Å². The van der Waals surface area contributed by atoms with Crippen LogP contribution in [0.4, 0.5) is 5.69 Å². The van der Waals surface area contributed by atoms with Crippen LogP contribution < -0.4 is 15.4 Å².